The molecular weight excluding hydrogens is 402 g/mol. The molecule has 1 heterocycles. The van der Waals surface area contributed by atoms with E-state index in [1.54, 1.807) is 12.1 Å². The molecule has 1 aliphatic heterocycles. The monoisotopic (exact) mass is 423 g/mol. The van der Waals surface area contributed by atoms with Crippen molar-refractivity contribution in [3.63, 3.8) is 0 Å². The zero-order valence-electron chi connectivity index (χ0n) is 16.3. The van der Waals surface area contributed by atoms with Crippen LogP contribution in [-0.2, 0) is 14.8 Å². The van der Waals surface area contributed by atoms with Gasteiger partial charge in [-0.25, -0.2) is 13.2 Å². The molecule has 0 amide bonds. The third-order valence-electron chi connectivity index (χ3n) is 5.20. The van der Waals surface area contributed by atoms with E-state index in [9.17, 15) is 18.0 Å². The molecule has 0 aliphatic carbocycles. The standard InChI is InChI=1S/C23H21NO5S/c25-22(21-12-6-8-17-7-1-2-11-20(17)21)16-29-23(26)18-9-5-10-19(15-18)30(27,28)24-13-3-4-14-24/h1-2,5-12,15H,3-4,13-14,16H2. The molecule has 1 aliphatic rings. The Morgan fingerprint density at radius 2 is 1.60 bits per heavy atom. The zero-order valence-corrected chi connectivity index (χ0v) is 17.1. The molecule has 154 valence electrons. The highest BCUT2D eigenvalue weighted by molar-refractivity contribution is 7.89. The van der Waals surface area contributed by atoms with Crippen LogP contribution in [0.15, 0.2) is 71.6 Å². The number of esters is 1. The number of hydrogen-bond donors (Lipinski definition) is 0. The lowest BCUT2D eigenvalue weighted by Gasteiger charge is -2.15. The van der Waals surface area contributed by atoms with Crippen LogP contribution in [0.3, 0.4) is 0 Å². The minimum atomic E-state index is -3.63. The molecule has 1 fully saturated rings. The number of rotatable bonds is 6. The number of hydrogen-bond acceptors (Lipinski definition) is 5. The number of fused-ring (bicyclic) bond motifs is 1. The molecule has 3 aromatic rings. The van der Waals surface area contributed by atoms with E-state index >= 15 is 0 Å². The molecule has 6 nitrogen and oxygen atoms in total. The number of benzene rings is 3. The van der Waals surface area contributed by atoms with Crippen molar-refractivity contribution in [2.75, 3.05) is 19.7 Å². The van der Waals surface area contributed by atoms with Crippen LogP contribution in [0.2, 0.25) is 0 Å². The average molecular weight is 423 g/mol. The van der Waals surface area contributed by atoms with Crippen LogP contribution in [0.5, 0.6) is 0 Å². The third-order valence-corrected chi connectivity index (χ3v) is 7.09. The summed E-state index contributed by atoms with van der Waals surface area (Å²) in [4.78, 5) is 25.1. The highest BCUT2D eigenvalue weighted by atomic mass is 32.2. The van der Waals surface area contributed by atoms with Crippen LogP contribution in [0.4, 0.5) is 0 Å². The summed E-state index contributed by atoms with van der Waals surface area (Å²) in [5.41, 5.74) is 0.576. The second-order valence-corrected chi connectivity index (χ2v) is 9.10. The summed E-state index contributed by atoms with van der Waals surface area (Å²) in [6, 6.07) is 18.6. The smallest absolute Gasteiger partial charge is 0.338 e. The van der Waals surface area contributed by atoms with E-state index < -0.39 is 22.6 Å². The maximum atomic E-state index is 12.7. The van der Waals surface area contributed by atoms with Gasteiger partial charge in [0.2, 0.25) is 15.8 Å². The van der Waals surface area contributed by atoms with Crippen molar-refractivity contribution in [2.45, 2.75) is 17.7 Å². The number of ketones is 1. The summed E-state index contributed by atoms with van der Waals surface area (Å²) in [6.07, 6.45) is 1.66. The first-order valence-electron chi connectivity index (χ1n) is 9.75. The van der Waals surface area contributed by atoms with E-state index in [-0.39, 0.29) is 16.2 Å². The van der Waals surface area contributed by atoms with Gasteiger partial charge in [-0.05, 0) is 41.8 Å². The molecule has 0 unspecified atom stereocenters. The average Bonchev–Trinajstić information content (AvgIpc) is 3.33. The predicted octanol–water partition coefficient (Wildman–Crippen LogP) is 3.66. The third kappa shape index (κ3) is 3.99. The SMILES string of the molecule is O=C(OCC(=O)c1cccc2ccccc12)c1cccc(S(=O)(=O)N2CCCC2)c1. The Bertz CT molecular complexity index is 1210. The lowest BCUT2D eigenvalue weighted by Crippen LogP contribution is -2.28. The number of carbonyl (C=O) groups is 2. The molecule has 0 saturated carbocycles. The predicted molar refractivity (Wildman–Crippen MR) is 113 cm³/mol. The van der Waals surface area contributed by atoms with E-state index in [0.29, 0.717) is 18.7 Å². The lowest BCUT2D eigenvalue weighted by atomic mass is 10.0. The van der Waals surface area contributed by atoms with Crippen molar-refractivity contribution in [3.05, 3.63) is 77.9 Å². The highest BCUT2D eigenvalue weighted by Gasteiger charge is 2.27. The minimum absolute atomic E-state index is 0.0548. The van der Waals surface area contributed by atoms with Gasteiger partial charge in [0.15, 0.2) is 6.61 Å². The van der Waals surface area contributed by atoms with Gasteiger partial charge in [0.25, 0.3) is 0 Å². The van der Waals surface area contributed by atoms with Crippen molar-refractivity contribution >= 4 is 32.5 Å². The van der Waals surface area contributed by atoms with Crippen LogP contribution in [-0.4, -0.2) is 44.2 Å². The van der Waals surface area contributed by atoms with Crippen molar-refractivity contribution in [1.29, 1.82) is 0 Å². The van der Waals surface area contributed by atoms with Gasteiger partial charge in [0.05, 0.1) is 10.5 Å². The summed E-state index contributed by atoms with van der Waals surface area (Å²) in [7, 11) is -3.63. The van der Waals surface area contributed by atoms with Crippen LogP contribution >= 0.6 is 0 Å². The largest absolute Gasteiger partial charge is 0.454 e. The summed E-state index contributed by atoms with van der Waals surface area (Å²) in [5, 5.41) is 1.72. The van der Waals surface area contributed by atoms with E-state index in [4.69, 9.17) is 4.74 Å². The highest BCUT2D eigenvalue weighted by Crippen LogP contribution is 2.22. The van der Waals surface area contributed by atoms with Crippen LogP contribution < -0.4 is 0 Å². The van der Waals surface area contributed by atoms with E-state index in [2.05, 4.69) is 0 Å². The minimum Gasteiger partial charge on any atom is -0.454 e. The van der Waals surface area contributed by atoms with Gasteiger partial charge in [-0.3, -0.25) is 4.79 Å². The van der Waals surface area contributed by atoms with Gasteiger partial charge < -0.3 is 4.74 Å². The topological polar surface area (TPSA) is 80.8 Å². The quantitative estimate of drug-likeness (QED) is 0.446. The molecule has 0 atom stereocenters. The molecule has 4 rings (SSSR count). The normalized spacial score (nSPS) is 14.7. The second kappa shape index (κ2) is 8.38. The Balaban J connectivity index is 1.48. The lowest BCUT2D eigenvalue weighted by molar-refractivity contribution is 0.0475. The summed E-state index contributed by atoms with van der Waals surface area (Å²) in [6.45, 7) is 0.545. The fraction of sp³-hybridized carbons (Fsp3) is 0.217. The Kier molecular flexibility index (Phi) is 5.65. The van der Waals surface area contributed by atoms with Crippen LogP contribution in [0, 0.1) is 0 Å². The maximum Gasteiger partial charge on any atom is 0.338 e. The van der Waals surface area contributed by atoms with Gasteiger partial charge in [-0.1, -0.05) is 48.5 Å². The van der Waals surface area contributed by atoms with Crippen molar-refractivity contribution in [2.24, 2.45) is 0 Å². The molecule has 0 aromatic heterocycles. The van der Waals surface area contributed by atoms with Gasteiger partial charge in [0, 0.05) is 18.7 Å². The van der Waals surface area contributed by atoms with E-state index in [0.717, 1.165) is 23.6 Å². The van der Waals surface area contributed by atoms with Gasteiger partial charge >= 0.3 is 5.97 Å². The summed E-state index contributed by atoms with van der Waals surface area (Å²) < 4.78 is 32.0. The zero-order chi connectivity index (χ0) is 21.1. The molecule has 0 radical (unpaired) electrons. The molecule has 0 N–H and O–H groups in total. The Morgan fingerprint density at radius 1 is 0.900 bits per heavy atom. The molecular formula is C23H21NO5S. The van der Waals surface area contributed by atoms with Crippen molar-refractivity contribution < 1.29 is 22.7 Å². The van der Waals surface area contributed by atoms with Crippen LogP contribution in [0.25, 0.3) is 10.8 Å². The van der Waals surface area contributed by atoms with Crippen molar-refractivity contribution in [1.82, 2.24) is 4.31 Å². The summed E-state index contributed by atoms with van der Waals surface area (Å²) >= 11 is 0. The van der Waals surface area contributed by atoms with Gasteiger partial charge in [-0.15, -0.1) is 0 Å². The fourth-order valence-electron chi connectivity index (χ4n) is 3.62. The molecule has 3 aromatic carbocycles. The van der Waals surface area contributed by atoms with Crippen molar-refractivity contribution in [3.8, 4) is 0 Å². The number of nitrogens with zero attached hydrogens (tertiary/aromatic N) is 1. The Morgan fingerprint density at radius 3 is 2.40 bits per heavy atom. The number of ether oxygens (including phenoxy) is 1. The molecule has 0 spiro atoms. The van der Waals surface area contributed by atoms with Gasteiger partial charge in [0.1, 0.15) is 0 Å². The number of Topliss-reactive ketones (excluding diaryl/α,β-unsaturated/α-hetero) is 1. The first kappa shape index (κ1) is 20.3. The number of carbonyl (C=O) groups excluding carboxylic acids is 2. The van der Waals surface area contributed by atoms with E-state index in [1.165, 1.54) is 28.6 Å². The second-order valence-electron chi connectivity index (χ2n) is 7.17. The van der Waals surface area contributed by atoms with Crippen LogP contribution in [0.1, 0.15) is 33.6 Å². The fourth-order valence-corrected chi connectivity index (χ4v) is 5.19. The van der Waals surface area contributed by atoms with E-state index in [1.807, 2.05) is 30.3 Å². The molecule has 1 saturated heterocycles. The first-order valence-corrected chi connectivity index (χ1v) is 11.2. The first-order chi connectivity index (χ1) is 14.5. The Labute approximate surface area is 175 Å². The molecule has 30 heavy (non-hydrogen) atoms. The molecule has 7 heteroatoms. The number of sulfonamides is 1. The molecule has 0 bridgehead atoms. The Hall–Kier alpha value is -3.03. The maximum absolute atomic E-state index is 12.7. The summed E-state index contributed by atoms with van der Waals surface area (Å²) in [5.74, 6) is -1.05. The van der Waals surface area contributed by atoms with Gasteiger partial charge in [-0.2, -0.15) is 4.31 Å².